The summed E-state index contributed by atoms with van der Waals surface area (Å²) in [5, 5.41) is 0. The van der Waals surface area contributed by atoms with Gasteiger partial charge < -0.3 is 15.4 Å². The third kappa shape index (κ3) is 3.53. The van der Waals surface area contributed by atoms with E-state index in [1.54, 1.807) is 29.4 Å². The first-order valence-corrected chi connectivity index (χ1v) is 7.81. The number of carbonyl (C=O) groups excluding carboxylic acids is 2. The molecule has 1 aliphatic rings. The van der Waals surface area contributed by atoms with Gasteiger partial charge in [-0.1, -0.05) is 18.2 Å². The van der Waals surface area contributed by atoms with E-state index in [9.17, 15) is 9.59 Å². The molecule has 6 nitrogen and oxygen atoms in total. The summed E-state index contributed by atoms with van der Waals surface area (Å²) < 4.78 is 5.75. The van der Waals surface area contributed by atoms with Crippen molar-refractivity contribution in [3.05, 3.63) is 60.4 Å². The van der Waals surface area contributed by atoms with E-state index in [1.165, 1.54) is 0 Å². The van der Waals surface area contributed by atoms with Crippen LogP contribution in [0, 0.1) is 11.8 Å². The minimum absolute atomic E-state index is 0.117. The predicted molar refractivity (Wildman–Crippen MR) is 88.3 cm³/mol. The highest BCUT2D eigenvalue weighted by Gasteiger charge is 2.39. The van der Waals surface area contributed by atoms with Crippen LogP contribution in [0.15, 0.2) is 54.9 Å². The van der Waals surface area contributed by atoms with Crippen LogP contribution in [-0.2, 0) is 4.79 Å². The Morgan fingerprint density at radius 1 is 1.12 bits per heavy atom. The second-order valence-electron chi connectivity index (χ2n) is 5.84. The summed E-state index contributed by atoms with van der Waals surface area (Å²) in [5.74, 6) is -0.305. The van der Waals surface area contributed by atoms with Crippen molar-refractivity contribution in [1.82, 2.24) is 9.88 Å². The second-order valence-corrected chi connectivity index (χ2v) is 5.84. The van der Waals surface area contributed by atoms with Gasteiger partial charge in [0.25, 0.3) is 5.91 Å². The summed E-state index contributed by atoms with van der Waals surface area (Å²) in [4.78, 5) is 29.9. The third-order valence-corrected chi connectivity index (χ3v) is 4.23. The van der Waals surface area contributed by atoms with Crippen LogP contribution in [0.3, 0.4) is 0 Å². The Morgan fingerprint density at radius 3 is 2.50 bits per heavy atom. The van der Waals surface area contributed by atoms with Gasteiger partial charge in [0.1, 0.15) is 5.75 Å². The van der Waals surface area contributed by atoms with Crippen molar-refractivity contribution in [2.24, 2.45) is 17.6 Å². The fraction of sp³-hybridized carbons (Fsp3) is 0.278. The van der Waals surface area contributed by atoms with Crippen LogP contribution < -0.4 is 10.5 Å². The highest BCUT2D eigenvalue weighted by molar-refractivity contribution is 5.94. The quantitative estimate of drug-likeness (QED) is 0.899. The average Bonchev–Trinajstić information content (AvgIpc) is 3.05. The number of likely N-dealkylation sites (tertiary alicyclic amines) is 1. The van der Waals surface area contributed by atoms with Gasteiger partial charge in [-0.25, -0.2) is 0 Å². The van der Waals surface area contributed by atoms with Crippen molar-refractivity contribution in [2.45, 2.75) is 0 Å². The number of aromatic nitrogens is 1. The maximum absolute atomic E-state index is 12.5. The van der Waals surface area contributed by atoms with Crippen LogP contribution in [0.5, 0.6) is 5.75 Å². The molecular formula is C18H19N3O3. The van der Waals surface area contributed by atoms with E-state index in [4.69, 9.17) is 10.5 Å². The molecule has 0 radical (unpaired) electrons. The molecule has 6 heteroatoms. The van der Waals surface area contributed by atoms with Crippen LogP contribution in [0.2, 0.25) is 0 Å². The molecule has 2 atom stereocenters. The van der Waals surface area contributed by atoms with E-state index < -0.39 is 11.8 Å². The minimum Gasteiger partial charge on any atom is -0.493 e. The number of carbonyl (C=O) groups is 2. The fourth-order valence-corrected chi connectivity index (χ4v) is 2.93. The maximum Gasteiger partial charge on any atom is 0.253 e. The van der Waals surface area contributed by atoms with Gasteiger partial charge in [0, 0.05) is 37.0 Å². The van der Waals surface area contributed by atoms with Crippen molar-refractivity contribution >= 4 is 11.8 Å². The van der Waals surface area contributed by atoms with E-state index in [0.29, 0.717) is 25.3 Å². The maximum atomic E-state index is 12.5. The monoisotopic (exact) mass is 325 g/mol. The molecule has 2 aromatic rings. The van der Waals surface area contributed by atoms with Crippen molar-refractivity contribution < 1.29 is 14.3 Å². The molecule has 1 aromatic carbocycles. The van der Waals surface area contributed by atoms with E-state index >= 15 is 0 Å². The predicted octanol–water partition coefficient (Wildman–Crippen LogP) is 1.33. The Kier molecular flexibility index (Phi) is 4.74. The summed E-state index contributed by atoms with van der Waals surface area (Å²) in [6.45, 7) is 1.11. The molecular weight excluding hydrogens is 306 g/mol. The minimum atomic E-state index is -0.403. The zero-order valence-corrected chi connectivity index (χ0v) is 13.2. The first kappa shape index (κ1) is 16.0. The lowest BCUT2D eigenvalue weighted by Crippen LogP contribution is -2.32. The molecule has 1 aliphatic heterocycles. The zero-order valence-electron chi connectivity index (χ0n) is 13.2. The summed E-state index contributed by atoms with van der Waals surface area (Å²) in [5.41, 5.74) is 6.07. The largest absolute Gasteiger partial charge is 0.493 e. The Balaban J connectivity index is 1.68. The smallest absolute Gasteiger partial charge is 0.253 e. The lowest BCUT2D eigenvalue weighted by molar-refractivity contribution is -0.122. The number of pyridine rings is 1. The highest BCUT2D eigenvalue weighted by atomic mass is 16.5. The van der Waals surface area contributed by atoms with Crippen molar-refractivity contribution in [2.75, 3.05) is 19.7 Å². The summed E-state index contributed by atoms with van der Waals surface area (Å²) >= 11 is 0. The molecule has 1 fully saturated rings. The molecule has 0 unspecified atom stereocenters. The van der Waals surface area contributed by atoms with Crippen molar-refractivity contribution in [1.29, 1.82) is 0 Å². The van der Waals surface area contributed by atoms with Gasteiger partial charge in [0.2, 0.25) is 5.91 Å². The summed E-state index contributed by atoms with van der Waals surface area (Å²) in [6, 6.07) is 12.7. The van der Waals surface area contributed by atoms with Gasteiger partial charge in [-0.15, -0.1) is 0 Å². The molecule has 24 heavy (non-hydrogen) atoms. The van der Waals surface area contributed by atoms with Gasteiger partial charge >= 0.3 is 0 Å². The van der Waals surface area contributed by atoms with E-state index in [1.807, 2.05) is 30.3 Å². The van der Waals surface area contributed by atoms with Gasteiger partial charge in [0.05, 0.1) is 12.5 Å². The van der Waals surface area contributed by atoms with Gasteiger partial charge in [-0.05, 0) is 24.3 Å². The summed E-state index contributed by atoms with van der Waals surface area (Å²) in [6.07, 6.45) is 3.15. The molecule has 1 saturated heterocycles. The lowest BCUT2D eigenvalue weighted by atomic mass is 9.96. The number of primary amides is 1. The molecule has 0 aliphatic carbocycles. The number of benzene rings is 1. The standard InChI is InChI=1S/C18H19N3O3/c19-17(22)16-11-21(18(23)13-6-8-20-9-7-13)10-14(16)12-24-15-4-2-1-3-5-15/h1-9,14,16H,10-12H2,(H2,19,22)/t14-,16+/m0/s1. The van der Waals surface area contributed by atoms with E-state index in [0.717, 1.165) is 5.75 Å². The number of para-hydroxylation sites is 1. The zero-order chi connectivity index (χ0) is 16.9. The van der Waals surface area contributed by atoms with Crippen LogP contribution in [-0.4, -0.2) is 41.4 Å². The lowest BCUT2D eigenvalue weighted by Gasteiger charge is -2.17. The van der Waals surface area contributed by atoms with E-state index in [2.05, 4.69) is 4.98 Å². The molecule has 124 valence electrons. The van der Waals surface area contributed by atoms with Gasteiger partial charge in [-0.3, -0.25) is 14.6 Å². The first-order valence-electron chi connectivity index (χ1n) is 7.81. The van der Waals surface area contributed by atoms with Crippen molar-refractivity contribution in [3.8, 4) is 5.75 Å². The first-order chi connectivity index (χ1) is 11.6. The summed E-state index contributed by atoms with van der Waals surface area (Å²) in [7, 11) is 0. The normalized spacial score (nSPS) is 19.9. The fourth-order valence-electron chi connectivity index (χ4n) is 2.93. The molecule has 1 aromatic heterocycles. The molecule has 3 rings (SSSR count). The number of nitrogens with zero attached hydrogens (tertiary/aromatic N) is 2. The SMILES string of the molecule is NC(=O)[C@@H]1CN(C(=O)c2ccncc2)C[C@H]1COc1ccccc1. The van der Waals surface area contributed by atoms with Crippen LogP contribution >= 0.6 is 0 Å². The van der Waals surface area contributed by atoms with Gasteiger partial charge in [-0.2, -0.15) is 0 Å². The topological polar surface area (TPSA) is 85.5 Å². The van der Waals surface area contributed by atoms with Crippen LogP contribution in [0.1, 0.15) is 10.4 Å². The molecule has 0 saturated carbocycles. The number of nitrogens with two attached hydrogens (primary N) is 1. The highest BCUT2D eigenvalue weighted by Crippen LogP contribution is 2.26. The number of hydrogen-bond acceptors (Lipinski definition) is 4. The second kappa shape index (κ2) is 7.12. The number of rotatable bonds is 5. The van der Waals surface area contributed by atoms with Crippen molar-refractivity contribution in [3.63, 3.8) is 0 Å². The molecule has 0 spiro atoms. The van der Waals surface area contributed by atoms with E-state index in [-0.39, 0.29) is 11.8 Å². The Morgan fingerprint density at radius 2 is 1.83 bits per heavy atom. The number of ether oxygens (including phenoxy) is 1. The number of amides is 2. The Hall–Kier alpha value is -2.89. The molecule has 2 amide bonds. The number of hydrogen-bond donors (Lipinski definition) is 1. The molecule has 0 bridgehead atoms. The molecule has 2 heterocycles. The van der Waals surface area contributed by atoms with Crippen LogP contribution in [0.25, 0.3) is 0 Å². The van der Waals surface area contributed by atoms with Gasteiger partial charge in [0.15, 0.2) is 0 Å². The average molecular weight is 325 g/mol. The Bertz CT molecular complexity index is 706. The molecule has 2 N–H and O–H groups in total. The third-order valence-electron chi connectivity index (χ3n) is 4.23. The Labute approximate surface area is 140 Å². The van der Waals surface area contributed by atoms with Crippen LogP contribution in [0.4, 0.5) is 0 Å².